The van der Waals surface area contributed by atoms with Crippen LogP contribution in [0.1, 0.15) is 11.1 Å². The second kappa shape index (κ2) is 3.37. The van der Waals surface area contributed by atoms with E-state index in [9.17, 15) is 0 Å². The first kappa shape index (κ1) is 7.29. The van der Waals surface area contributed by atoms with Crippen LogP contribution in [0.5, 0.6) is 0 Å². The van der Waals surface area contributed by atoms with Gasteiger partial charge in [-0.3, -0.25) is 0 Å². The van der Waals surface area contributed by atoms with E-state index in [1.54, 1.807) is 0 Å². The summed E-state index contributed by atoms with van der Waals surface area (Å²) in [7, 11) is 0. The van der Waals surface area contributed by atoms with Crippen molar-refractivity contribution in [1.82, 2.24) is 0 Å². The molecule has 0 unspecified atom stereocenters. The standard InChI is InChI=1S/C9H11N/c1-8-3-2-4-9(7-8)5-6-10/h2-5,7H,1,6,10H2. The SMILES string of the molecule is [CH2]c1cccc([CH]CN)c1. The average molecular weight is 133 g/mol. The number of hydrogen-bond acceptors (Lipinski definition) is 1. The Morgan fingerprint density at radius 2 is 2.30 bits per heavy atom. The highest BCUT2D eigenvalue weighted by Gasteiger charge is 1.89. The Bertz CT molecular complexity index is 206. The van der Waals surface area contributed by atoms with E-state index in [0.717, 1.165) is 11.1 Å². The molecule has 0 heterocycles. The van der Waals surface area contributed by atoms with Gasteiger partial charge in [-0.25, -0.2) is 0 Å². The van der Waals surface area contributed by atoms with Crippen molar-refractivity contribution in [3.05, 3.63) is 48.7 Å². The summed E-state index contributed by atoms with van der Waals surface area (Å²) >= 11 is 0. The number of rotatable bonds is 2. The Kier molecular flexibility index (Phi) is 2.46. The monoisotopic (exact) mass is 133 g/mol. The van der Waals surface area contributed by atoms with Crippen molar-refractivity contribution in [2.45, 2.75) is 0 Å². The second-order valence-electron chi connectivity index (χ2n) is 2.18. The van der Waals surface area contributed by atoms with Gasteiger partial charge in [-0.1, -0.05) is 24.3 Å². The van der Waals surface area contributed by atoms with Gasteiger partial charge < -0.3 is 5.73 Å². The summed E-state index contributed by atoms with van der Waals surface area (Å²) in [6.45, 7) is 4.39. The van der Waals surface area contributed by atoms with Gasteiger partial charge in [0.15, 0.2) is 0 Å². The normalized spacial score (nSPS) is 9.80. The first-order valence-corrected chi connectivity index (χ1v) is 3.28. The van der Waals surface area contributed by atoms with Crippen LogP contribution in [0.25, 0.3) is 0 Å². The summed E-state index contributed by atoms with van der Waals surface area (Å²) in [4.78, 5) is 0. The molecule has 0 aliphatic carbocycles. The minimum atomic E-state index is 0.587. The molecule has 52 valence electrons. The Hall–Kier alpha value is -0.820. The summed E-state index contributed by atoms with van der Waals surface area (Å²) in [6.07, 6.45) is 1.97. The fourth-order valence-electron chi connectivity index (χ4n) is 0.856. The smallest absolute Gasteiger partial charge is 0.00421 e. The van der Waals surface area contributed by atoms with Crippen LogP contribution < -0.4 is 5.73 Å². The third-order valence-corrected chi connectivity index (χ3v) is 1.30. The lowest BCUT2D eigenvalue weighted by Gasteiger charge is -1.97. The van der Waals surface area contributed by atoms with Crippen LogP contribution in [0, 0.1) is 13.3 Å². The fraction of sp³-hybridized carbons (Fsp3) is 0.111. The van der Waals surface area contributed by atoms with Crippen molar-refractivity contribution in [2.75, 3.05) is 6.54 Å². The lowest BCUT2D eigenvalue weighted by molar-refractivity contribution is 1.16. The van der Waals surface area contributed by atoms with Gasteiger partial charge in [0.1, 0.15) is 0 Å². The van der Waals surface area contributed by atoms with Crippen molar-refractivity contribution < 1.29 is 0 Å². The highest BCUT2D eigenvalue weighted by molar-refractivity contribution is 5.30. The van der Waals surface area contributed by atoms with E-state index < -0.39 is 0 Å². The maximum Gasteiger partial charge on any atom is 0.00421 e. The van der Waals surface area contributed by atoms with E-state index >= 15 is 0 Å². The van der Waals surface area contributed by atoms with E-state index in [1.165, 1.54) is 0 Å². The molecular weight excluding hydrogens is 122 g/mol. The Morgan fingerprint density at radius 1 is 1.50 bits per heavy atom. The summed E-state index contributed by atoms with van der Waals surface area (Å²) in [5.74, 6) is 0. The zero-order valence-electron chi connectivity index (χ0n) is 5.88. The summed E-state index contributed by atoms with van der Waals surface area (Å²) in [6, 6.07) is 7.96. The van der Waals surface area contributed by atoms with Gasteiger partial charge in [0, 0.05) is 6.42 Å². The van der Waals surface area contributed by atoms with E-state index in [2.05, 4.69) is 6.92 Å². The van der Waals surface area contributed by atoms with Crippen molar-refractivity contribution in [3.8, 4) is 0 Å². The summed E-state index contributed by atoms with van der Waals surface area (Å²) < 4.78 is 0. The molecule has 0 spiro atoms. The lowest BCUT2D eigenvalue weighted by Crippen LogP contribution is -1.99. The van der Waals surface area contributed by atoms with E-state index in [4.69, 9.17) is 5.73 Å². The fourth-order valence-corrected chi connectivity index (χ4v) is 0.856. The van der Waals surface area contributed by atoms with Crippen LogP contribution in [0.4, 0.5) is 0 Å². The van der Waals surface area contributed by atoms with Crippen molar-refractivity contribution in [2.24, 2.45) is 5.73 Å². The second-order valence-corrected chi connectivity index (χ2v) is 2.18. The van der Waals surface area contributed by atoms with Gasteiger partial charge in [-0.05, 0) is 24.6 Å². The zero-order valence-corrected chi connectivity index (χ0v) is 5.88. The largest absolute Gasteiger partial charge is 0.330 e. The number of nitrogens with two attached hydrogens (primary N) is 1. The molecule has 2 radical (unpaired) electrons. The molecule has 0 atom stereocenters. The third-order valence-electron chi connectivity index (χ3n) is 1.30. The molecule has 0 aliphatic rings. The molecule has 0 fully saturated rings. The van der Waals surface area contributed by atoms with Crippen molar-refractivity contribution >= 4 is 0 Å². The first-order chi connectivity index (χ1) is 4.83. The molecule has 0 saturated heterocycles. The molecule has 1 rings (SSSR count). The Balaban J connectivity index is 2.75. The zero-order chi connectivity index (χ0) is 7.40. The van der Waals surface area contributed by atoms with Crippen LogP contribution >= 0.6 is 0 Å². The minimum absolute atomic E-state index is 0.587. The van der Waals surface area contributed by atoms with Gasteiger partial charge in [-0.2, -0.15) is 0 Å². The molecular formula is C9H11N. The average Bonchev–Trinajstić information content (AvgIpc) is 1.88. The van der Waals surface area contributed by atoms with Gasteiger partial charge in [0.25, 0.3) is 0 Å². The van der Waals surface area contributed by atoms with Crippen LogP contribution in [-0.4, -0.2) is 6.54 Å². The Morgan fingerprint density at radius 3 is 2.90 bits per heavy atom. The maximum absolute atomic E-state index is 5.33. The molecule has 10 heavy (non-hydrogen) atoms. The third kappa shape index (κ3) is 1.85. The van der Waals surface area contributed by atoms with E-state index in [0.29, 0.717) is 6.54 Å². The molecule has 0 saturated carbocycles. The van der Waals surface area contributed by atoms with Crippen LogP contribution in [0.15, 0.2) is 24.3 Å². The molecule has 0 aromatic heterocycles. The number of benzene rings is 1. The summed E-state index contributed by atoms with van der Waals surface area (Å²) in [5.41, 5.74) is 7.51. The predicted molar refractivity (Wildman–Crippen MR) is 43.4 cm³/mol. The van der Waals surface area contributed by atoms with Crippen molar-refractivity contribution in [1.29, 1.82) is 0 Å². The molecule has 1 heteroatoms. The molecule has 1 aromatic carbocycles. The topological polar surface area (TPSA) is 26.0 Å². The van der Waals surface area contributed by atoms with Gasteiger partial charge in [0.2, 0.25) is 0 Å². The molecule has 1 nitrogen and oxygen atoms in total. The van der Waals surface area contributed by atoms with Gasteiger partial charge in [-0.15, -0.1) is 0 Å². The minimum Gasteiger partial charge on any atom is -0.330 e. The number of hydrogen-bond donors (Lipinski definition) is 1. The highest BCUT2D eigenvalue weighted by atomic mass is 14.5. The molecule has 0 amide bonds. The maximum atomic E-state index is 5.33. The lowest BCUT2D eigenvalue weighted by atomic mass is 10.1. The van der Waals surface area contributed by atoms with Gasteiger partial charge >= 0.3 is 0 Å². The molecule has 2 N–H and O–H groups in total. The van der Waals surface area contributed by atoms with Crippen LogP contribution in [0.2, 0.25) is 0 Å². The molecule has 1 aromatic rings. The predicted octanol–water partition coefficient (Wildman–Crippen LogP) is 1.38. The van der Waals surface area contributed by atoms with Gasteiger partial charge in [0.05, 0.1) is 0 Å². The van der Waals surface area contributed by atoms with Crippen LogP contribution in [0.3, 0.4) is 0 Å². The molecule has 0 bridgehead atoms. The quantitative estimate of drug-likeness (QED) is 0.648. The van der Waals surface area contributed by atoms with E-state index in [-0.39, 0.29) is 0 Å². The first-order valence-electron chi connectivity index (χ1n) is 3.28. The van der Waals surface area contributed by atoms with Crippen molar-refractivity contribution in [3.63, 3.8) is 0 Å². The highest BCUT2D eigenvalue weighted by Crippen LogP contribution is 2.04. The summed E-state index contributed by atoms with van der Waals surface area (Å²) in [5, 5.41) is 0. The molecule has 0 aliphatic heterocycles. The Labute approximate surface area is 61.9 Å². The van der Waals surface area contributed by atoms with Crippen LogP contribution in [-0.2, 0) is 0 Å². The van der Waals surface area contributed by atoms with E-state index in [1.807, 2.05) is 30.7 Å².